The van der Waals surface area contributed by atoms with E-state index in [2.05, 4.69) is 34.6 Å². The Morgan fingerprint density at radius 3 is 2.53 bits per heavy atom. The van der Waals surface area contributed by atoms with E-state index in [9.17, 15) is 5.11 Å². The molecule has 1 N–H and O–H groups in total. The molecule has 0 heterocycles. The molecule has 1 rings (SSSR count). The van der Waals surface area contributed by atoms with Crippen LogP contribution in [0.25, 0.3) is 0 Å². The summed E-state index contributed by atoms with van der Waals surface area (Å²) >= 11 is 0. The minimum Gasteiger partial charge on any atom is -0.390 e. The second kappa shape index (κ2) is 7.64. The van der Waals surface area contributed by atoms with Gasteiger partial charge >= 0.3 is 0 Å². The predicted molar refractivity (Wildman–Crippen MR) is 81.2 cm³/mol. The molecule has 1 aliphatic rings. The molecular weight excluding hydrogens is 236 g/mol. The van der Waals surface area contributed by atoms with Crippen molar-refractivity contribution < 1.29 is 9.84 Å². The summed E-state index contributed by atoms with van der Waals surface area (Å²) in [5, 5.41) is 10.1. The number of aliphatic hydroxyl groups excluding tert-OH is 1. The predicted octanol–water partition coefficient (Wildman–Crippen LogP) is 4.41. The van der Waals surface area contributed by atoms with Crippen LogP contribution in [0.5, 0.6) is 0 Å². The number of hydrogen-bond acceptors (Lipinski definition) is 2. The highest BCUT2D eigenvalue weighted by Crippen LogP contribution is 2.41. The van der Waals surface area contributed by atoms with Crippen LogP contribution in [0.1, 0.15) is 73.1 Å². The lowest BCUT2D eigenvalue weighted by atomic mass is 9.68. The first-order chi connectivity index (χ1) is 8.86. The average Bonchev–Trinajstić information content (AvgIpc) is 2.36. The van der Waals surface area contributed by atoms with Crippen LogP contribution in [0, 0.1) is 17.3 Å². The largest absolute Gasteiger partial charge is 0.390 e. The van der Waals surface area contributed by atoms with Crippen LogP contribution >= 0.6 is 0 Å². The topological polar surface area (TPSA) is 29.5 Å². The van der Waals surface area contributed by atoms with Gasteiger partial charge in [-0.05, 0) is 49.4 Å². The smallest absolute Gasteiger partial charge is 0.0836 e. The van der Waals surface area contributed by atoms with Crippen molar-refractivity contribution in [2.45, 2.75) is 85.4 Å². The number of aliphatic hydroxyl groups is 1. The van der Waals surface area contributed by atoms with Crippen molar-refractivity contribution in [2.75, 3.05) is 6.61 Å². The Balaban J connectivity index is 2.39. The Labute approximate surface area is 119 Å². The van der Waals surface area contributed by atoms with Crippen molar-refractivity contribution in [3.8, 4) is 0 Å². The molecule has 19 heavy (non-hydrogen) atoms. The van der Waals surface area contributed by atoms with Gasteiger partial charge in [-0.15, -0.1) is 0 Å². The molecule has 3 unspecified atom stereocenters. The normalized spacial score (nSPS) is 28.9. The highest BCUT2D eigenvalue weighted by molar-refractivity contribution is 4.87. The molecule has 2 heteroatoms. The minimum atomic E-state index is -0.247. The van der Waals surface area contributed by atoms with Gasteiger partial charge in [0.2, 0.25) is 0 Å². The second-order valence-corrected chi connectivity index (χ2v) is 7.36. The van der Waals surface area contributed by atoms with Gasteiger partial charge in [0.25, 0.3) is 0 Å². The zero-order chi connectivity index (χ0) is 14.5. The molecule has 0 aromatic rings. The maximum absolute atomic E-state index is 10.1. The first kappa shape index (κ1) is 17.0. The Morgan fingerprint density at radius 1 is 1.26 bits per heavy atom. The van der Waals surface area contributed by atoms with Crippen LogP contribution in [0.2, 0.25) is 0 Å². The summed E-state index contributed by atoms with van der Waals surface area (Å²) in [7, 11) is 0. The third kappa shape index (κ3) is 5.43. The molecule has 0 radical (unpaired) electrons. The standard InChI is InChI=1S/C17H34O2/c1-6-17(4,5)14-9-10-15(18)16(12-14)19-11-7-8-13(2)3/h13-16,18H,6-12H2,1-5H3. The average molecular weight is 270 g/mol. The summed E-state index contributed by atoms with van der Waals surface area (Å²) in [6.07, 6.45) is 6.43. The lowest BCUT2D eigenvalue weighted by molar-refractivity contribution is -0.0867. The molecule has 2 nitrogen and oxygen atoms in total. The molecule has 1 saturated carbocycles. The van der Waals surface area contributed by atoms with Gasteiger partial charge in [-0.1, -0.05) is 41.0 Å². The van der Waals surface area contributed by atoms with E-state index < -0.39 is 0 Å². The van der Waals surface area contributed by atoms with Crippen LogP contribution < -0.4 is 0 Å². The highest BCUT2D eigenvalue weighted by Gasteiger charge is 2.36. The summed E-state index contributed by atoms with van der Waals surface area (Å²) in [5.41, 5.74) is 0.375. The molecule has 114 valence electrons. The Bertz CT molecular complexity index is 248. The summed E-state index contributed by atoms with van der Waals surface area (Å²) in [5.74, 6) is 1.43. The Hall–Kier alpha value is -0.0800. The molecule has 1 aliphatic carbocycles. The van der Waals surface area contributed by atoms with Gasteiger partial charge in [-0.3, -0.25) is 0 Å². The molecule has 0 aromatic heterocycles. The fourth-order valence-electron chi connectivity index (χ4n) is 3.02. The summed E-state index contributed by atoms with van der Waals surface area (Å²) in [4.78, 5) is 0. The summed E-state index contributed by atoms with van der Waals surface area (Å²) < 4.78 is 5.97. The van der Waals surface area contributed by atoms with Crippen LogP contribution in [0.3, 0.4) is 0 Å². The van der Waals surface area contributed by atoms with Gasteiger partial charge in [-0.25, -0.2) is 0 Å². The van der Waals surface area contributed by atoms with E-state index in [0.717, 1.165) is 38.2 Å². The summed E-state index contributed by atoms with van der Waals surface area (Å²) in [6.45, 7) is 12.3. The molecule has 3 atom stereocenters. The summed E-state index contributed by atoms with van der Waals surface area (Å²) in [6, 6.07) is 0. The minimum absolute atomic E-state index is 0.0664. The second-order valence-electron chi connectivity index (χ2n) is 7.36. The van der Waals surface area contributed by atoms with Gasteiger partial charge in [0, 0.05) is 6.61 Å². The molecule has 0 amide bonds. The molecular formula is C17H34O2. The Kier molecular flexibility index (Phi) is 6.82. The van der Waals surface area contributed by atoms with Crippen molar-refractivity contribution >= 4 is 0 Å². The van der Waals surface area contributed by atoms with Crippen molar-refractivity contribution in [1.82, 2.24) is 0 Å². The van der Waals surface area contributed by atoms with Gasteiger partial charge in [0.15, 0.2) is 0 Å². The first-order valence-corrected chi connectivity index (χ1v) is 8.16. The fraction of sp³-hybridized carbons (Fsp3) is 1.00. The van der Waals surface area contributed by atoms with E-state index >= 15 is 0 Å². The zero-order valence-electron chi connectivity index (χ0n) is 13.6. The molecule has 0 saturated heterocycles. The maximum Gasteiger partial charge on any atom is 0.0836 e. The highest BCUT2D eigenvalue weighted by atomic mass is 16.5. The number of rotatable bonds is 7. The van der Waals surface area contributed by atoms with E-state index in [4.69, 9.17) is 4.74 Å². The first-order valence-electron chi connectivity index (χ1n) is 8.16. The third-order valence-electron chi connectivity index (χ3n) is 5.03. The SMILES string of the molecule is CCC(C)(C)C1CCC(O)C(OCCCC(C)C)C1. The van der Waals surface area contributed by atoms with E-state index in [1.54, 1.807) is 0 Å². The molecule has 0 bridgehead atoms. The zero-order valence-corrected chi connectivity index (χ0v) is 13.6. The van der Waals surface area contributed by atoms with Crippen LogP contribution in [0.15, 0.2) is 0 Å². The Morgan fingerprint density at radius 2 is 1.95 bits per heavy atom. The molecule has 0 aromatic carbocycles. The van der Waals surface area contributed by atoms with Crippen LogP contribution in [-0.4, -0.2) is 23.9 Å². The van der Waals surface area contributed by atoms with E-state index in [1.165, 1.54) is 12.8 Å². The van der Waals surface area contributed by atoms with Crippen LogP contribution in [0.4, 0.5) is 0 Å². The number of hydrogen-bond donors (Lipinski definition) is 1. The van der Waals surface area contributed by atoms with E-state index in [0.29, 0.717) is 11.3 Å². The van der Waals surface area contributed by atoms with Crippen LogP contribution in [-0.2, 0) is 4.74 Å². The quantitative estimate of drug-likeness (QED) is 0.695. The van der Waals surface area contributed by atoms with Gasteiger partial charge in [-0.2, -0.15) is 0 Å². The molecule has 1 fully saturated rings. The van der Waals surface area contributed by atoms with Crippen molar-refractivity contribution in [3.05, 3.63) is 0 Å². The molecule has 0 aliphatic heterocycles. The van der Waals surface area contributed by atoms with Crippen molar-refractivity contribution in [2.24, 2.45) is 17.3 Å². The van der Waals surface area contributed by atoms with Crippen molar-refractivity contribution in [1.29, 1.82) is 0 Å². The monoisotopic (exact) mass is 270 g/mol. The lowest BCUT2D eigenvalue weighted by Crippen LogP contribution is -2.40. The maximum atomic E-state index is 10.1. The van der Waals surface area contributed by atoms with Gasteiger partial charge in [0.05, 0.1) is 12.2 Å². The van der Waals surface area contributed by atoms with E-state index in [-0.39, 0.29) is 12.2 Å². The lowest BCUT2D eigenvalue weighted by Gasteiger charge is -2.41. The fourth-order valence-corrected chi connectivity index (χ4v) is 3.02. The van der Waals surface area contributed by atoms with Gasteiger partial charge in [0.1, 0.15) is 0 Å². The number of ether oxygens (including phenoxy) is 1. The third-order valence-corrected chi connectivity index (χ3v) is 5.03. The van der Waals surface area contributed by atoms with Gasteiger partial charge < -0.3 is 9.84 Å². The van der Waals surface area contributed by atoms with E-state index in [1.807, 2.05) is 0 Å². The molecule has 0 spiro atoms. The van der Waals surface area contributed by atoms with Crippen molar-refractivity contribution in [3.63, 3.8) is 0 Å².